The first kappa shape index (κ1) is 13.0. The van der Waals surface area contributed by atoms with Crippen LogP contribution in [0.5, 0.6) is 0 Å². The standard InChI is InChI=1S/C14H23NO/c1-13-9-10-14(2)15(13)11-7-5-3-4-6-8-12-16/h9-10,16H,1-8,11-12H2. The van der Waals surface area contributed by atoms with Gasteiger partial charge in [-0.05, 0) is 25.0 Å². The van der Waals surface area contributed by atoms with Crippen LogP contribution in [0.15, 0.2) is 12.1 Å². The number of hydrogen-bond acceptors (Lipinski definition) is 1. The Hall–Kier alpha value is -1.02. The number of unbranched alkanes of at least 4 members (excludes halogenated alkanes) is 5. The molecule has 0 saturated carbocycles. The molecule has 2 nitrogen and oxygen atoms in total. The average Bonchev–Trinajstić information content (AvgIpc) is 2.59. The van der Waals surface area contributed by atoms with E-state index in [1.165, 1.54) is 25.7 Å². The topological polar surface area (TPSA) is 25.2 Å². The summed E-state index contributed by atoms with van der Waals surface area (Å²) in [4.78, 5) is 0. The number of rotatable bonds is 8. The van der Waals surface area contributed by atoms with Crippen LogP contribution in [-0.4, -0.2) is 16.3 Å². The summed E-state index contributed by atoms with van der Waals surface area (Å²) in [6.45, 7) is 9.32. The number of nitrogens with zero attached hydrogens (tertiary/aromatic N) is 1. The van der Waals surface area contributed by atoms with E-state index in [0.29, 0.717) is 6.61 Å². The monoisotopic (exact) mass is 221 g/mol. The van der Waals surface area contributed by atoms with E-state index in [4.69, 9.17) is 5.11 Å². The molecule has 0 aromatic carbocycles. The molecule has 0 atom stereocenters. The minimum absolute atomic E-state index is 0.332. The van der Waals surface area contributed by atoms with Crippen molar-refractivity contribution >= 4 is 13.2 Å². The van der Waals surface area contributed by atoms with Gasteiger partial charge in [0, 0.05) is 23.8 Å². The molecule has 0 aliphatic rings. The van der Waals surface area contributed by atoms with Crippen LogP contribution in [0.25, 0.3) is 13.2 Å². The molecule has 0 aliphatic carbocycles. The summed E-state index contributed by atoms with van der Waals surface area (Å²) in [6.07, 6.45) is 7.05. The predicted molar refractivity (Wildman–Crippen MR) is 69.5 cm³/mol. The lowest BCUT2D eigenvalue weighted by Gasteiger charge is -2.04. The van der Waals surface area contributed by atoms with Crippen molar-refractivity contribution in [3.8, 4) is 0 Å². The largest absolute Gasteiger partial charge is 0.396 e. The van der Waals surface area contributed by atoms with Crippen LogP contribution in [0.2, 0.25) is 0 Å². The second-order valence-electron chi connectivity index (χ2n) is 4.31. The third kappa shape index (κ3) is 4.23. The van der Waals surface area contributed by atoms with Crippen molar-refractivity contribution in [1.29, 1.82) is 0 Å². The van der Waals surface area contributed by atoms with Gasteiger partial charge in [-0.15, -0.1) is 0 Å². The van der Waals surface area contributed by atoms with Gasteiger partial charge in [-0.2, -0.15) is 0 Å². The molecule has 1 heterocycles. The van der Waals surface area contributed by atoms with Crippen LogP contribution in [0.1, 0.15) is 38.5 Å². The van der Waals surface area contributed by atoms with E-state index in [1.54, 1.807) is 0 Å². The van der Waals surface area contributed by atoms with Crippen molar-refractivity contribution in [2.24, 2.45) is 0 Å². The van der Waals surface area contributed by atoms with Crippen LogP contribution in [0.3, 0.4) is 0 Å². The Balaban J connectivity index is 2.12. The highest BCUT2D eigenvalue weighted by atomic mass is 16.2. The minimum Gasteiger partial charge on any atom is -0.396 e. The predicted octanol–water partition coefficient (Wildman–Crippen LogP) is 1.64. The molecule has 90 valence electrons. The summed E-state index contributed by atoms with van der Waals surface area (Å²) in [5.74, 6) is 0. The molecule has 1 N–H and O–H groups in total. The zero-order valence-corrected chi connectivity index (χ0v) is 10.1. The average molecular weight is 221 g/mol. The smallest absolute Gasteiger partial charge is 0.0431 e. The summed E-state index contributed by atoms with van der Waals surface area (Å²) >= 11 is 0. The van der Waals surface area contributed by atoms with Crippen molar-refractivity contribution in [3.05, 3.63) is 22.8 Å². The fourth-order valence-electron chi connectivity index (χ4n) is 1.93. The molecule has 1 aromatic rings. The Morgan fingerprint density at radius 1 is 0.875 bits per heavy atom. The van der Waals surface area contributed by atoms with Gasteiger partial charge in [-0.25, -0.2) is 0 Å². The SMILES string of the molecule is C=c1ccc(=C)n1CCCCCCCCO. The zero-order chi connectivity index (χ0) is 11.8. The number of aromatic nitrogens is 1. The molecule has 0 unspecified atom stereocenters. The second-order valence-corrected chi connectivity index (χ2v) is 4.31. The van der Waals surface area contributed by atoms with Crippen LogP contribution in [-0.2, 0) is 6.54 Å². The highest BCUT2D eigenvalue weighted by molar-refractivity contribution is 5.08. The number of aliphatic hydroxyl groups excluding tert-OH is 1. The van der Waals surface area contributed by atoms with E-state index in [1.807, 2.05) is 12.1 Å². The van der Waals surface area contributed by atoms with Gasteiger partial charge in [-0.3, -0.25) is 0 Å². The minimum atomic E-state index is 0.332. The molecule has 1 rings (SSSR count). The van der Waals surface area contributed by atoms with Crippen molar-refractivity contribution in [1.82, 2.24) is 4.57 Å². The van der Waals surface area contributed by atoms with Gasteiger partial charge in [0.05, 0.1) is 0 Å². The van der Waals surface area contributed by atoms with Crippen LogP contribution >= 0.6 is 0 Å². The van der Waals surface area contributed by atoms with Gasteiger partial charge in [0.15, 0.2) is 0 Å². The Labute approximate surface area is 97.9 Å². The Morgan fingerprint density at radius 2 is 1.38 bits per heavy atom. The summed E-state index contributed by atoms with van der Waals surface area (Å²) in [5.41, 5.74) is 0. The molecule has 0 fully saturated rings. The van der Waals surface area contributed by atoms with Crippen LogP contribution in [0, 0.1) is 0 Å². The summed E-state index contributed by atoms with van der Waals surface area (Å²) < 4.78 is 2.17. The van der Waals surface area contributed by atoms with Crippen molar-refractivity contribution in [2.75, 3.05) is 6.61 Å². The first-order valence-corrected chi connectivity index (χ1v) is 6.20. The molecule has 0 aliphatic heterocycles. The van der Waals surface area contributed by atoms with Crippen LogP contribution < -0.4 is 10.7 Å². The highest BCUT2D eigenvalue weighted by Gasteiger charge is 1.94. The fraction of sp³-hybridized carbons (Fsp3) is 0.571. The van der Waals surface area contributed by atoms with Gasteiger partial charge in [0.25, 0.3) is 0 Å². The van der Waals surface area contributed by atoms with Gasteiger partial charge in [0.1, 0.15) is 0 Å². The first-order chi connectivity index (χ1) is 7.75. The van der Waals surface area contributed by atoms with Gasteiger partial charge in [-0.1, -0.05) is 38.8 Å². The maximum Gasteiger partial charge on any atom is 0.0431 e. The zero-order valence-electron chi connectivity index (χ0n) is 10.1. The molecular weight excluding hydrogens is 198 g/mol. The summed E-state index contributed by atoms with van der Waals surface area (Å²) in [5, 5.41) is 10.8. The van der Waals surface area contributed by atoms with E-state index in [-0.39, 0.29) is 0 Å². The fourth-order valence-corrected chi connectivity index (χ4v) is 1.93. The summed E-state index contributed by atoms with van der Waals surface area (Å²) in [7, 11) is 0. The van der Waals surface area contributed by atoms with Crippen LogP contribution in [0.4, 0.5) is 0 Å². The molecule has 2 heteroatoms. The lowest BCUT2D eigenvalue weighted by molar-refractivity contribution is 0.282. The lowest BCUT2D eigenvalue weighted by atomic mass is 10.1. The molecule has 0 bridgehead atoms. The number of aliphatic hydroxyl groups is 1. The Kier molecular flexibility index (Phi) is 5.94. The molecule has 16 heavy (non-hydrogen) atoms. The van der Waals surface area contributed by atoms with E-state index < -0.39 is 0 Å². The Morgan fingerprint density at radius 3 is 1.94 bits per heavy atom. The van der Waals surface area contributed by atoms with E-state index in [9.17, 15) is 0 Å². The first-order valence-electron chi connectivity index (χ1n) is 6.20. The second kappa shape index (κ2) is 7.29. The molecule has 0 spiro atoms. The summed E-state index contributed by atoms with van der Waals surface area (Å²) in [6, 6.07) is 4.03. The molecule has 0 amide bonds. The van der Waals surface area contributed by atoms with Gasteiger partial charge < -0.3 is 9.67 Å². The van der Waals surface area contributed by atoms with E-state index in [0.717, 1.165) is 30.1 Å². The third-order valence-electron chi connectivity index (χ3n) is 2.95. The van der Waals surface area contributed by atoms with Crippen molar-refractivity contribution in [2.45, 2.75) is 45.1 Å². The maximum absolute atomic E-state index is 8.64. The van der Waals surface area contributed by atoms with Gasteiger partial charge >= 0.3 is 0 Å². The molecular formula is C14H23NO. The van der Waals surface area contributed by atoms with E-state index in [2.05, 4.69) is 17.7 Å². The highest BCUT2D eigenvalue weighted by Crippen LogP contribution is 2.05. The van der Waals surface area contributed by atoms with E-state index >= 15 is 0 Å². The van der Waals surface area contributed by atoms with Crippen molar-refractivity contribution in [3.63, 3.8) is 0 Å². The maximum atomic E-state index is 8.64. The van der Waals surface area contributed by atoms with Crippen molar-refractivity contribution < 1.29 is 5.11 Å². The molecule has 0 radical (unpaired) electrons. The number of hydrogen-bond donors (Lipinski definition) is 1. The normalized spacial score (nSPS) is 10.8. The third-order valence-corrected chi connectivity index (χ3v) is 2.95. The molecule has 1 aromatic heterocycles. The van der Waals surface area contributed by atoms with Gasteiger partial charge in [0.2, 0.25) is 0 Å². The quantitative estimate of drug-likeness (QED) is 0.663. The molecule has 0 saturated heterocycles. The Bertz CT molecular complexity index is 352. The lowest BCUT2D eigenvalue weighted by Crippen LogP contribution is -2.24.